The highest BCUT2D eigenvalue weighted by atomic mass is 19.1. The largest absolute Gasteiger partial charge is 0.379 e. The summed E-state index contributed by atoms with van der Waals surface area (Å²) < 4.78 is 27.0. The van der Waals surface area contributed by atoms with Crippen molar-refractivity contribution in [3.05, 3.63) is 60.3 Å². The van der Waals surface area contributed by atoms with E-state index in [9.17, 15) is 4.39 Å². The zero-order chi connectivity index (χ0) is 22.5. The molecule has 0 atom stereocenters. The van der Waals surface area contributed by atoms with Gasteiger partial charge in [0.05, 0.1) is 25.5 Å². The van der Waals surface area contributed by atoms with Gasteiger partial charge in [0, 0.05) is 70.9 Å². The summed E-state index contributed by atoms with van der Waals surface area (Å²) in [6.07, 6.45) is 3.62. The third kappa shape index (κ3) is 4.70. The second-order valence-electron chi connectivity index (χ2n) is 8.13. The summed E-state index contributed by atoms with van der Waals surface area (Å²) in [5.41, 5.74) is 5.27. The SMILES string of the molecule is COCc1c(-c2ccc(F)cc2)c(-c2ccncc2)c(N(C)CCN2CCOCC2)n1C. The molecular formula is C25H31FN4O2. The predicted molar refractivity (Wildman–Crippen MR) is 125 cm³/mol. The van der Waals surface area contributed by atoms with Crippen molar-refractivity contribution in [2.75, 3.05) is 58.5 Å². The molecule has 0 unspecified atom stereocenters. The molecule has 4 rings (SSSR count). The molecule has 0 aliphatic carbocycles. The number of nitrogens with zero attached hydrogens (tertiary/aromatic N) is 4. The molecule has 0 saturated carbocycles. The summed E-state index contributed by atoms with van der Waals surface area (Å²) >= 11 is 0. The number of likely N-dealkylation sites (N-methyl/N-ethyl adjacent to an activating group) is 1. The number of anilines is 1. The maximum Gasteiger partial charge on any atom is 0.123 e. The first-order chi connectivity index (χ1) is 15.6. The fourth-order valence-electron chi connectivity index (χ4n) is 4.41. The number of benzene rings is 1. The van der Waals surface area contributed by atoms with Gasteiger partial charge in [0.15, 0.2) is 0 Å². The van der Waals surface area contributed by atoms with Crippen LogP contribution in [0.2, 0.25) is 0 Å². The van der Waals surface area contributed by atoms with Crippen LogP contribution in [0, 0.1) is 5.82 Å². The van der Waals surface area contributed by atoms with Gasteiger partial charge in [0.25, 0.3) is 0 Å². The Kier molecular flexibility index (Phi) is 7.19. The van der Waals surface area contributed by atoms with Gasteiger partial charge in [-0.15, -0.1) is 0 Å². The molecular weight excluding hydrogens is 407 g/mol. The lowest BCUT2D eigenvalue weighted by Crippen LogP contribution is -2.41. The number of halogens is 1. The quantitative estimate of drug-likeness (QED) is 0.535. The van der Waals surface area contributed by atoms with E-state index in [0.29, 0.717) is 6.61 Å². The Morgan fingerprint density at radius 1 is 1.03 bits per heavy atom. The van der Waals surface area contributed by atoms with Crippen LogP contribution in [0.15, 0.2) is 48.8 Å². The van der Waals surface area contributed by atoms with Gasteiger partial charge in [-0.1, -0.05) is 12.1 Å². The summed E-state index contributed by atoms with van der Waals surface area (Å²) in [7, 11) is 5.91. The number of ether oxygens (including phenoxy) is 2. The molecule has 6 nitrogen and oxygen atoms in total. The van der Waals surface area contributed by atoms with Crippen molar-refractivity contribution in [3.63, 3.8) is 0 Å². The fourth-order valence-corrected chi connectivity index (χ4v) is 4.41. The smallest absolute Gasteiger partial charge is 0.123 e. The van der Waals surface area contributed by atoms with Gasteiger partial charge in [-0.3, -0.25) is 9.88 Å². The van der Waals surface area contributed by atoms with Gasteiger partial charge in [0.2, 0.25) is 0 Å². The Hall–Kier alpha value is -2.74. The van der Waals surface area contributed by atoms with E-state index in [-0.39, 0.29) is 5.82 Å². The lowest BCUT2D eigenvalue weighted by atomic mass is 9.96. The second kappa shape index (κ2) is 10.3. The Morgan fingerprint density at radius 2 is 1.69 bits per heavy atom. The Morgan fingerprint density at radius 3 is 2.34 bits per heavy atom. The molecule has 1 fully saturated rings. The van der Waals surface area contributed by atoms with Gasteiger partial charge in [-0.25, -0.2) is 4.39 Å². The summed E-state index contributed by atoms with van der Waals surface area (Å²) in [6.45, 7) is 5.82. The maximum absolute atomic E-state index is 13.7. The van der Waals surface area contributed by atoms with Crippen LogP contribution in [-0.4, -0.2) is 68.0 Å². The summed E-state index contributed by atoms with van der Waals surface area (Å²) in [5, 5.41) is 0. The molecule has 0 bridgehead atoms. The molecule has 7 heteroatoms. The number of pyridine rings is 1. The minimum Gasteiger partial charge on any atom is -0.379 e. The van der Waals surface area contributed by atoms with E-state index in [4.69, 9.17) is 9.47 Å². The average Bonchev–Trinajstić information content (AvgIpc) is 3.12. The highest BCUT2D eigenvalue weighted by Crippen LogP contribution is 2.44. The minimum absolute atomic E-state index is 0.244. The van der Waals surface area contributed by atoms with Gasteiger partial charge < -0.3 is 18.9 Å². The molecule has 170 valence electrons. The van der Waals surface area contributed by atoms with E-state index in [1.807, 2.05) is 36.7 Å². The van der Waals surface area contributed by atoms with E-state index in [2.05, 4.69) is 33.4 Å². The summed E-state index contributed by atoms with van der Waals surface area (Å²) in [6, 6.07) is 10.8. The van der Waals surface area contributed by atoms with E-state index < -0.39 is 0 Å². The lowest BCUT2D eigenvalue weighted by molar-refractivity contribution is 0.0392. The molecule has 1 aromatic carbocycles. The normalized spacial score (nSPS) is 14.6. The first-order valence-electron chi connectivity index (χ1n) is 11.0. The zero-order valence-corrected chi connectivity index (χ0v) is 19.1. The van der Waals surface area contributed by atoms with Crippen molar-refractivity contribution >= 4 is 5.82 Å². The van der Waals surface area contributed by atoms with Crippen LogP contribution in [-0.2, 0) is 23.1 Å². The molecule has 1 aliphatic rings. The average molecular weight is 439 g/mol. The second-order valence-corrected chi connectivity index (χ2v) is 8.13. The van der Waals surface area contributed by atoms with Crippen LogP contribution in [0.3, 0.4) is 0 Å². The molecule has 0 spiro atoms. The molecule has 1 aliphatic heterocycles. The van der Waals surface area contributed by atoms with Crippen molar-refractivity contribution < 1.29 is 13.9 Å². The first-order valence-corrected chi connectivity index (χ1v) is 11.0. The summed E-state index contributed by atoms with van der Waals surface area (Å²) in [5.74, 6) is 0.863. The lowest BCUT2D eigenvalue weighted by Gasteiger charge is -2.30. The monoisotopic (exact) mass is 438 g/mol. The van der Waals surface area contributed by atoms with E-state index in [1.165, 1.54) is 12.1 Å². The van der Waals surface area contributed by atoms with Crippen molar-refractivity contribution in [1.82, 2.24) is 14.5 Å². The van der Waals surface area contributed by atoms with Crippen LogP contribution in [0.25, 0.3) is 22.3 Å². The van der Waals surface area contributed by atoms with E-state index in [1.54, 1.807) is 7.11 Å². The standard InChI is InChI=1S/C25H31FN4O2/c1-28(12-13-30-14-16-32-17-15-30)25-24(20-8-10-27-11-9-20)23(22(18-31-3)29(25)2)19-4-6-21(26)7-5-19/h4-11H,12-18H2,1-3H3. The molecule has 3 aromatic rings. The van der Waals surface area contributed by atoms with Gasteiger partial charge in [-0.05, 0) is 35.4 Å². The predicted octanol–water partition coefficient (Wildman–Crippen LogP) is 3.81. The topological polar surface area (TPSA) is 42.8 Å². The van der Waals surface area contributed by atoms with Crippen molar-refractivity contribution in [3.8, 4) is 22.3 Å². The molecule has 1 saturated heterocycles. The third-order valence-electron chi connectivity index (χ3n) is 6.08. The van der Waals surface area contributed by atoms with Crippen LogP contribution in [0.5, 0.6) is 0 Å². The number of aromatic nitrogens is 2. The van der Waals surface area contributed by atoms with Gasteiger partial charge in [-0.2, -0.15) is 0 Å². The number of methoxy groups -OCH3 is 1. The Labute approximate surface area is 189 Å². The number of morpholine rings is 1. The first kappa shape index (κ1) is 22.5. The molecule has 3 heterocycles. The van der Waals surface area contributed by atoms with Crippen LogP contribution in [0.4, 0.5) is 10.2 Å². The summed E-state index contributed by atoms with van der Waals surface area (Å²) in [4.78, 5) is 8.95. The Bertz CT molecular complexity index is 1010. The van der Waals surface area contributed by atoms with Crippen molar-refractivity contribution in [1.29, 1.82) is 0 Å². The van der Waals surface area contributed by atoms with Crippen LogP contribution < -0.4 is 4.90 Å². The van der Waals surface area contributed by atoms with Gasteiger partial charge >= 0.3 is 0 Å². The van der Waals surface area contributed by atoms with Crippen LogP contribution in [0.1, 0.15) is 5.69 Å². The Balaban J connectivity index is 1.80. The minimum atomic E-state index is -0.244. The molecule has 0 N–H and O–H groups in total. The zero-order valence-electron chi connectivity index (χ0n) is 19.1. The van der Waals surface area contributed by atoms with Crippen molar-refractivity contribution in [2.45, 2.75) is 6.61 Å². The third-order valence-corrected chi connectivity index (χ3v) is 6.08. The van der Waals surface area contributed by atoms with E-state index >= 15 is 0 Å². The number of hydrogen-bond donors (Lipinski definition) is 0. The number of hydrogen-bond acceptors (Lipinski definition) is 5. The van der Waals surface area contributed by atoms with Crippen molar-refractivity contribution in [2.24, 2.45) is 7.05 Å². The molecule has 2 aromatic heterocycles. The number of rotatable bonds is 8. The maximum atomic E-state index is 13.7. The van der Waals surface area contributed by atoms with Gasteiger partial charge in [0.1, 0.15) is 11.6 Å². The highest BCUT2D eigenvalue weighted by molar-refractivity contribution is 5.93. The molecule has 0 amide bonds. The fraction of sp³-hybridized carbons (Fsp3) is 0.400. The highest BCUT2D eigenvalue weighted by Gasteiger charge is 2.26. The van der Waals surface area contributed by atoms with Crippen LogP contribution >= 0.6 is 0 Å². The molecule has 32 heavy (non-hydrogen) atoms. The molecule has 0 radical (unpaired) electrons. The van der Waals surface area contributed by atoms with E-state index in [0.717, 1.165) is 73.2 Å².